The first-order chi connectivity index (χ1) is 6.33. The number of anilines is 2. The molecule has 0 saturated carbocycles. The van der Waals surface area contributed by atoms with Crippen molar-refractivity contribution in [1.29, 1.82) is 0 Å². The number of hydrogen-bond donors (Lipinski definition) is 1. The minimum absolute atomic E-state index is 0.815. The van der Waals surface area contributed by atoms with Crippen molar-refractivity contribution in [3.05, 3.63) is 23.2 Å². The van der Waals surface area contributed by atoms with E-state index in [0.717, 1.165) is 30.3 Å². The fraction of sp³-hybridized carbons (Fsp3) is 0.400. The van der Waals surface area contributed by atoms with Crippen LogP contribution in [-0.4, -0.2) is 19.6 Å². The van der Waals surface area contributed by atoms with E-state index < -0.39 is 0 Å². The molecule has 2 nitrogen and oxygen atoms in total. The second-order valence-electron chi connectivity index (χ2n) is 3.14. The summed E-state index contributed by atoms with van der Waals surface area (Å²) in [6.07, 6.45) is 0. The van der Waals surface area contributed by atoms with E-state index in [4.69, 9.17) is 11.6 Å². The predicted molar refractivity (Wildman–Crippen MR) is 57.8 cm³/mol. The maximum atomic E-state index is 6.08. The van der Waals surface area contributed by atoms with Gasteiger partial charge >= 0.3 is 0 Å². The van der Waals surface area contributed by atoms with Gasteiger partial charge in [0, 0.05) is 19.6 Å². The summed E-state index contributed by atoms with van der Waals surface area (Å²) in [5, 5.41) is 4.14. The van der Waals surface area contributed by atoms with E-state index in [1.807, 2.05) is 12.1 Å². The number of rotatable bonds is 1. The van der Waals surface area contributed by atoms with Crippen molar-refractivity contribution in [2.24, 2.45) is 0 Å². The topological polar surface area (TPSA) is 15.3 Å². The number of likely N-dealkylation sites (N-methyl/N-ethyl adjacent to an activating group) is 1. The van der Waals surface area contributed by atoms with Crippen LogP contribution in [0.25, 0.3) is 0 Å². The van der Waals surface area contributed by atoms with Gasteiger partial charge in [-0.05, 0) is 19.1 Å². The minimum atomic E-state index is 0.815. The number of halogens is 1. The summed E-state index contributed by atoms with van der Waals surface area (Å²) >= 11 is 6.08. The second kappa shape index (κ2) is 3.46. The number of fused-ring (bicyclic) bond motifs is 1. The van der Waals surface area contributed by atoms with Gasteiger partial charge in [-0.2, -0.15) is 0 Å². The van der Waals surface area contributed by atoms with Crippen molar-refractivity contribution in [1.82, 2.24) is 0 Å². The molecule has 1 aliphatic heterocycles. The Hall–Kier alpha value is -0.890. The maximum Gasteiger partial charge on any atom is 0.0767 e. The predicted octanol–water partition coefficient (Wildman–Crippen LogP) is 2.59. The molecule has 1 aliphatic rings. The van der Waals surface area contributed by atoms with Crippen LogP contribution < -0.4 is 10.2 Å². The Kier molecular flexibility index (Phi) is 2.32. The van der Waals surface area contributed by atoms with Crippen LogP contribution in [0.2, 0.25) is 5.02 Å². The summed E-state index contributed by atoms with van der Waals surface area (Å²) in [5.74, 6) is 0. The molecule has 2 rings (SSSR count). The molecule has 0 aromatic heterocycles. The van der Waals surface area contributed by atoms with Crippen molar-refractivity contribution in [2.45, 2.75) is 6.92 Å². The van der Waals surface area contributed by atoms with Crippen molar-refractivity contribution < 1.29 is 0 Å². The maximum absolute atomic E-state index is 6.08. The zero-order valence-corrected chi connectivity index (χ0v) is 8.43. The zero-order valence-electron chi connectivity index (χ0n) is 7.68. The van der Waals surface area contributed by atoms with Gasteiger partial charge in [0.1, 0.15) is 0 Å². The van der Waals surface area contributed by atoms with Crippen molar-refractivity contribution in [3.63, 3.8) is 0 Å². The smallest absolute Gasteiger partial charge is 0.0767 e. The Labute approximate surface area is 83.5 Å². The normalized spacial score (nSPS) is 15.1. The lowest BCUT2D eigenvalue weighted by atomic mass is 10.2. The molecule has 70 valence electrons. The second-order valence-corrected chi connectivity index (χ2v) is 3.55. The van der Waals surface area contributed by atoms with Crippen LogP contribution in [-0.2, 0) is 0 Å². The Bertz CT molecular complexity index is 312. The molecule has 0 saturated heterocycles. The number of nitrogens with one attached hydrogen (secondary N) is 1. The molecule has 1 N–H and O–H groups in total. The summed E-state index contributed by atoms with van der Waals surface area (Å²) in [6.45, 7) is 5.24. The fourth-order valence-electron chi connectivity index (χ4n) is 1.72. The Morgan fingerprint density at radius 3 is 3.15 bits per heavy atom. The summed E-state index contributed by atoms with van der Waals surface area (Å²) in [4.78, 5) is 2.33. The molecule has 0 amide bonds. The summed E-state index contributed by atoms with van der Waals surface area (Å²) in [7, 11) is 0. The third-order valence-electron chi connectivity index (χ3n) is 2.40. The van der Waals surface area contributed by atoms with Crippen molar-refractivity contribution >= 4 is 23.0 Å². The van der Waals surface area contributed by atoms with E-state index >= 15 is 0 Å². The van der Waals surface area contributed by atoms with Gasteiger partial charge in [-0.1, -0.05) is 17.7 Å². The number of para-hydroxylation sites is 1. The van der Waals surface area contributed by atoms with Crippen LogP contribution in [0, 0.1) is 0 Å². The highest BCUT2D eigenvalue weighted by Crippen LogP contribution is 2.34. The van der Waals surface area contributed by atoms with Gasteiger partial charge in [-0.15, -0.1) is 0 Å². The van der Waals surface area contributed by atoms with Crippen LogP contribution in [0.1, 0.15) is 6.92 Å². The molecule has 0 bridgehead atoms. The Balaban J connectivity index is 2.45. The molecule has 0 atom stereocenters. The summed E-state index contributed by atoms with van der Waals surface area (Å²) < 4.78 is 0. The fourth-order valence-corrected chi connectivity index (χ4v) is 1.95. The Morgan fingerprint density at radius 1 is 1.54 bits per heavy atom. The van der Waals surface area contributed by atoms with E-state index in [2.05, 4.69) is 23.2 Å². The van der Waals surface area contributed by atoms with Gasteiger partial charge in [-0.25, -0.2) is 0 Å². The van der Waals surface area contributed by atoms with E-state index in [-0.39, 0.29) is 0 Å². The number of nitrogens with zero attached hydrogens (tertiary/aromatic N) is 1. The minimum Gasteiger partial charge on any atom is -0.380 e. The molecule has 3 heteroatoms. The lowest BCUT2D eigenvalue weighted by Crippen LogP contribution is -2.33. The third kappa shape index (κ3) is 1.46. The molecule has 1 aromatic carbocycles. The highest BCUT2D eigenvalue weighted by atomic mass is 35.5. The Morgan fingerprint density at radius 2 is 2.38 bits per heavy atom. The van der Waals surface area contributed by atoms with Gasteiger partial charge in [0.15, 0.2) is 0 Å². The molecular formula is C10H13ClN2. The quantitative estimate of drug-likeness (QED) is 0.743. The largest absolute Gasteiger partial charge is 0.380 e. The van der Waals surface area contributed by atoms with Crippen LogP contribution in [0.15, 0.2) is 18.2 Å². The van der Waals surface area contributed by atoms with Crippen molar-refractivity contribution in [3.8, 4) is 0 Å². The molecule has 0 fully saturated rings. The van der Waals surface area contributed by atoms with Gasteiger partial charge in [0.2, 0.25) is 0 Å². The van der Waals surface area contributed by atoms with Crippen LogP contribution >= 0.6 is 11.6 Å². The molecule has 1 aromatic rings. The summed E-state index contributed by atoms with van der Waals surface area (Å²) in [6, 6.07) is 6.03. The lowest BCUT2D eigenvalue weighted by Gasteiger charge is -2.31. The third-order valence-corrected chi connectivity index (χ3v) is 2.71. The van der Waals surface area contributed by atoms with Gasteiger partial charge in [0.05, 0.1) is 16.4 Å². The highest BCUT2D eigenvalue weighted by molar-refractivity contribution is 6.34. The first kappa shape index (κ1) is 8.70. The molecule has 13 heavy (non-hydrogen) atoms. The molecular weight excluding hydrogens is 184 g/mol. The van der Waals surface area contributed by atoms with E-state index in [1.54, 1.807) is 0 Å². The number of benzene rings is 1. The van der Waals surface area contributed by atoms with Gasteiger partial charge in [-0.3, -0.25) is 0 Å². The monoisotopic (exact) mass is 196 g/mol. The summed E-state index contributed by atoms with van der Waals surface area (Å²) in [5.41, 5.74) is 2.30. The van der Waals surface area contributed by atoms with Crippen LogP contribution in [0.4, 0.5) is 11.4 Å². The molecule has 0 spiro atoms. The van der Waals surface area contributed by atoms with Crippen molar-refractivity contribution in [2.75, 3.05) is 29.9 Å². The van der Waals surface area contributed by atoms with Crippen LogP contribution in [0.3, 0.4) is 0 Å². The highest BCUT2D eigenvalue weighted by Gasteiger charge is 2.16. The molecule has 0 unspecified atom stereocenters. The average Bonchev–Trinajstić information content (AvgIpc) is 2.18. The molecule has 0 aliphatic carbocycles. The van der Waals surface area contributed by atoms with Gasteiger partial charge < -0.3 is 10.2 Å². The SMILES string of the molecule is CCN1CCNc2c(Cl)cccc21. The first-order valence-electron chi connectivity index (χ1n) is 4.60. The molecule has 1 heterocycles. The standard InChI is InChI=1S/C10H13ClN2/c1-2-13-7-6-12-10-8(11)4-3-5-9(10)13/h3-5,12H,2,6-7H2,1H3. The average molecular weight is 197 g/mol. The van der Waals surface area contributed by atoms with Crippen LogP contribution in [0.5, 0.6) is 0 Å². The van der Waals surface area contributed by atoms with E-state index in [9.17, 15) is 0 Å². The zero-order chi connectivity index (χ0) is 9.26. The number of hydrogen-bond acceptors (Lipinski definition) is 2. The first-order valence-corrected chi connectivity index (χ1v) is 4.98. The molecule has 0 radical (unpaired) electrons. The van der Waals surface area contributed by atoms with E-state index in [0.29, 0.717) is 0 Å². The lowest BCUT2D eigenvalue weighted by molar-refractivity contribution is 0.815. The van der Waals surface area contributed by atoms with E-state index in [1.165, 1.54) is 5.69 Å². The van der Waals surface area contributed by atoms with Gasteiger partial charge in [0.25, 0.3) is 0 Å².